The molecular weight excluding hydrogens is 214 g/mol. The Morgan fingerprint density at radius 2 is 1.47 bits per heavy atom. The molecule has 0 aromatic heterocycles. The number of likely N-dealkylation sites (tertiary alicyclic amines) is 1. The Hall–Kier alpha value is -0.610. The predicted molar refractivity (Wildman–Crippen MR) is 69.0 cm³/mol. The number of rotatable bonds is 2. The smallest absolute Gasteiger partial charge is 0.236 e. The molecule has 0 saturated carbocycles. The van der Waals surface area contributed by atoms with Crippen molar-refractivity contribution in [2.45, 2.75) is 32.1 Å². The molecule has 4 heteroatoms. The predicted octanol–water partition coefficient (Wildman–Crippen LogP) is 0.684. The van der Waals surface area contributed by atoms with E-state index in [1.165, 1.54) is 32.1 Å². The number of nitrogens with one attached hydrogen (secondary N) is 1. The third-order valence-electron chi connectivity index (χ3n) is 3.78. The first-order valence-corrected chi connectivity index (χ1v) is 7.07. The van der Waals surface area contributed by atoms with E-state index < -0.39 is 0 Å². The topological polar surface area (TPSA) is 35.6 Å². The lowest BCUT2D eigenvalue weighted by Crippen LogP contribution is -2.48. The minimum Gasteiger partial charge on any atom is -0.342 e. The summed E-state index contributed by atoms with van der Waals surface area (Å²) in [4.78, 5) is 16.6. The van der Waals surface area contributed by atoms with Crippen LogP contribution < -0.4 is 5.32 Å². The Balaban J connectivity index is 1.76. The second-order valence-electron chi connectivity index (χ2n) is 5.17. The van der Waals surface area contributed by atoms with Gasteiger partial charge >= 0.3 is 0 Å². The molecule has 4 nitrogen and oxygen atoms in total. The summed E-state index contributed by atoms with van der Waals surface area (Å²) >= 11 is 0. The largest absolute Gasteiger partial charge is 0.342 e. The van der Waals surface area contributed by atoms with Crippen LogP contribution in [-0.4, -0.2) is 61.5 Å². The van der Waals surface area contributed by atoms with Crippen molar-refractivity contribution in [3.8, 4) is 0 Å². The second-order valence-corrected chi connectivity index (χ2v) is 5.17. The average Bonchev–Trinajstić information content (AvgIpc) is 2.29. The lowest BCUT2D eigenvalue weighted by molar-refractivity contribution is -0.132. The normalized spacial score (nSPS) is 24.1. The Labute approximate surface area is 104 Å². The van der Waals surface area contributed by atoms with Gasteiger partial charge in [0.25, 0.3) is 0 Å². The van der Waals surface area contributed by atoms with E-state index in [1.807, 2.05) is 0 Å². The lowest BCUT2D eigenvalue weighted by Gasteiger charge is -2.30. The number of piperazine rings is 1. The van der Waals surface area contributed by atoms with E-state index in [0.29, 0.717) is 12.5 Å². The van der Waals surface area contributed by atoms with E-state index in [4.69, 9.17) is 0 Å². The van der Waals surface area contributed by atoms with E-state index in [-0.39, 0.29) is 0 Å². The van der Waals surface area contributed by atoms with Crippen LogP contribution >= 0.6 is 0 Å². The SMILES string of the molecule is O=C(CN1CCNCC1)N1CCCCCCC1. The van der Waals surface area contributed by atoms with Crippen LogP contribution in [0.25, 0.3) is 0 Å². The van der Waals surface area contributed by atoms with Gasteiger partial charge in [0.05, 0.1) is 6.54 Å². The molecule has 2 rings (SSSR count). The maximum atomic E-state index is 12.2. The molecule has 0 radical (unpaired) electrons. The lowest BCUT2D eigenvalue weighted by atomic mass is 10.1. The van der Waals surface area contributed by atoms with Gasteiger partial charge in [-0.05, 0) is 12.8 Å². The highest BCUT2D eigenvalue weighted by atomic mass is 16.2. The first-order chi connectivity index (χ1) is 8.36. The molecule has 17 heavy (non-hydrogen) atoms. The van der Waals surface area contributed by atoms with Gasteiger partial charge in [0.15, 0.2) is 0 Å². The van der Waals surface area contributed by atoms with Crippen LogP contribution in [0.1, 0.15) is 32.1 Å². The molecule has 2 fully saturated rings. The molecule has 0 aliphatic carbocycles. The number of nitrogens with zero attached hydrogens (tertiary/aromatic N) is 2. The number of hydrogen-bond donors (Lipinski definition) is 1. The molecular formula is C13H25N3O. The minimum atomic E-state index is 0.341. The Morgan fingerprint density at radius 1 is 0.882 bits per heavy atom. The Kier molecular flexibility index (Phi) is 5.26. The van der Waals surface area contributed by atoms with Gasteiger partial charge < -0.3 is 10.2 Å². The van der Waals surface area contributed by atoms with Crippen LogP contribution in [0.3, 0.4) is 0 Å². The molecule has 0 unspecified atom stereocenters. The summed E-state index contributed by atoms with van der Waals surface area (Å²) in [5, 5.41) is 3.32. The fourth-order valence-corrected chi connectivity index (χ4v) is 2.66. The van der Waals surface area contributed by atoms with Gasteiger partial charge in [-0.3, -0.25) is 9.69 Å². The molecule has 98 valence electrons. The van der Waals surface area contributed by atoms with Gasteiger partial charge in [0.1, 0.15) is 0 Å². The van der Waals surface area contributed by atoms with Gasteiger partial charge in [0, 0.05) is 39.3 Å². The van der Waals surface area contributed by atoms with Crippen molar-refractivity contribution >= 4 is 5.91 Å². The van der Waals surface area contributed by atoms with Crippen LogP contribution in [0, 0.1) is 0 Å². The fraction of sp³-hybridized carbons (Fsp3) is 0.923. The molecule has 0 aromatic carbocycles. The highest BCUT2D eigenvalue weighted by molar-refractivity contribution is 5.78. The maximum Gasteiger partial charge on any atom is 0.236 e. The van der Waals surface area contributed by atoms with Crippen LogP contribution in [0.4, 0.5) is 0 Å². The van der Waals surface area contributed by atoms with Gasteiger partial charge in [-0.25, -0.2) is 0 Å². The number of carbonyl (C=O) groups is 1. The first kappa shape index (κ1) is 12.8. The summed E-state index contributed by atoms with van der Waals surface area (Å²) in [6.07, 6.45) is 6.30. The summed E-state index contributed by atoms with van der Waals surface area (Å²) in [5.74, 6) is 0.341. The molecule has 2 aliphatic rings. The standard InChI is InChI=1S/C13H25N3O/c17-13(12-15-10-6-14-7-11-15)16-8-4-2-1-3-5-9-16/h14H,1-12H2. The summed E-state index contributed by atoms with van der Waals surface area (Å²) in [6, 6.07) is 0. The third-order valence-corrected chi connectivity index (χ3v) is 3.78. The zero-order valence-corrected chi connectivity index (χ0v) is 10.8. The molecule has 2 aliphatic heterocycles. The zero-order valence-electron chi connectivity index (χ0n) is 10.8. The highest BCUT2D eigenvalue weighted by Gasteiger charge is 2.18. The van der Waals surface area contributed by atoms with Gasteiger partial charge in [0.2, 0.25) is 5.91 Å². The quantitative estimate of drug-likeness (QED) is 0.770. The monoisotopic (exact) mass is 239 g/mol. The molecule has 2 heterocycles. The summed E-state index contributed by atoms with van der Waals surface area (Å²) in [6.45, 7) is 6.65. The van der Waals surface area contributed by atoms with Crippen molar-refractivity contribution in [1.82, 2.24) is 15.1 Å². The molecule has 2 saturated heterocycles. The van der Waals surface area contributed by atoms with Crippen LogP contribution in [0.15, 0.2) is 0 Å². The Morgan fingerprint density at radius 3 is 2.12 bits per heavy atom. The molecule has 1 amide bonds. The van der Waals surface area contributed by atoms with Gasteiger partial charge in [-0.1, -0.05) is 19.3 Å². The number of hydrogen-bond acceptors (Lipinski definition) is 3. The van der Waals surface area contributed by atoms with E-state index in [1.54, 1.807) is 0 Å². The molecule has 1 N–H and O–H groups in total. The Bertz CT molecular complexity index is 231. The van der Waals surface area contributed by atoms with E-state index in [9.17, 15) is 4.79 Å². The van der Waals surface area contributed by atoms with E-state index >= 15 is 0 Å². The van der Waals surface area contributed by atoms with Crippen molar-refractivity contribution in [1.29, 1.82) is 0 Å². The highest BCUT2D eigenvalue weighted by Crippen LogP contribution is 2.10. The summed E-state index contributed by atoms with van der Waals surface area (Å²) in [5.41, 5.74) is 0. The van der Waals surface area contributed by atoms with Crippen molar-refractivity contribution in [3.63, 3.8) is 0 Å². The van der Waals surface area contributed by atoms with Crippen LogP contribution in [-0.2, 0) is 4.79 Å². The summed E-state index contributed by atoms with van der Waals surface area (Å²) < 4.78 is 0. The molecule has 0 spiro atoms. The van der Waals surface area contributed by atoms with E-state index in [2.05, 4.69) is 15.1 Å². The minimum absolute atomic E-state index is 0.341. The average molecular weight is 239 g/mol. The second kappa shape index (κ2) is 6.97. The zero-order chi connectivity index (χ0) is 11.9. The van der Waals surface area contributed by atoms with Crippen molar-refractivity contribution in [2.75, 3.05) is 45.8 Å². The molecule has 0 bridgehead atoms. The molecule has 0 aromatic rings. The van der Waals surface area contributed by atoms with Crippen LogP contribution in [0.5, 0.6) is 0 Å². The number of carbonyl (C=O) groups excluding carboxylic acids is 1. The fourth-order valence-electron chi connectivity index (χ4n) is 2.66. The summed E-state index contributed by atoms with van der Waals surface area (Å²) in [7, 11) is 0. The first-order valence-electron chi connectivity index (χ1n) is 7.07. The molecule has 0 atom stereocenters. The van der Waals surface area contributed by atoms with Gasteiger partial charge in [-0.2, -0.15) is 0 Å². The van der Waals surface area contributed by atoms with E-state index in [0.717, 1.165) is 39.3 Å². The van der Waals surface area contributed by atoms with Crippen molar-refractivity contribution in [2.24, 2.45) is 0 Å². The van der Waals surface area contributed by atoms with Crippen LogP contribution in [0.2, 0.25) is 0 Å². The van der Waals surface area contributed by atoms with Gasteiger partial charge in [-0.15, -0.1) is 0 Å². The number of amides is 1. The third kappa shape index (κ3) is 4.28. The maximum absolute atomic E-state index is 12.2. The van der Waals surface area contributed by atoms with Crippen molar-refractivity contribution in [3.05, 3.63) is 0 Å². The van der Waals surface area contributed by atoms with Crippen molar-refractivity contribution < 1.29 is 4.79 Å².